The molecule has 0 unspecified atom stereocenters. The van der Waals surface area contributed by atoms with E-state index in [1.54, 1.807) is 7.11 Å². The van der Waals surface area contributed by atoms with Gasteiger partial charge < -0.3 is 14.8 Å². The molecule has 2 rings (SSSR count). The zero-order valence-electron chi connectivity index (χ0n) is 10.1. The number of methoxy groups -OCH3 is 2. The first kappa shape index (κ1) is 11.9. The molecule has 0 aliphatic carbocycles. The molecule has 0 radical (unpaired) electrons. The van der Waals surface area contributed by atoms with Crippen molar-refractivity contribution in [2.75, 3.05) is 20.8 Å². The minimum Gasteiger partial charge on any atom is -0.497 e. The van der Waals surface area contributed by atoms with Gasteiger partial charge in [0.1, 0.15) is 11.8 Å². The fraction of sp³-hybridized carbons (Fsp3) is 0.462. The second-order valence-electron chi connectivity index (χ2n) is 4.13. The van der Waals surface area contributed by atoms with Crippen LogP contribution in [0.2, 0.25) is 0 Å². The van der Waals surface area contributed by atoms with Crippen LogP contribution in [-0.2, 0) is 9.53 Å². The quantitative estimate of drug-likeness (QED) is 0.803. The molecule has 92 valence electrons. The second-order valence-corrected chi connectivity index (χ2v) is 4.13. The highest BCUT2D eigenvalue weighted by Crippen LogP contribution is 2.30. The van der Waals surface area contributed by atoms with Gasteiger partial charge in [-0.2, -0.15) is 0 Å². The highest BCUT2D eigenvalue weighted by molar-refractivity contribution is 5.77. The monoisotopic (exact) mass is 235 g/mol. The predicted octanol–water partition coefficient (Wildman–Crippen LogP) is 1.31. The Bertz CT molecular complexity index is 405. The van der Waals surface area contributed by atoms with Crippen LogP contribution in [0.1, 0.15) is 17.9 Å². The van der Waals surface area contributed by atoms with Crippen LogP contribution in [0.5, 0.6) is 5.75 Å². The molecule has 1 aliphatic rings. The zero-order chi connectivity index (χ0) is 12.3. The van der Waals surface area contributed by atoms with Crippen LogP contribution in [0.15, 0.2) is 24.3 Å². The van der Waals surface area contributed by atoms with Crippen LogP contribution in [0.4, 0.5) is 0 Å². The first-order chi connectivity index (χ1) is 8.26. The van der Waals surface area contributed by atoms with Crippen LogP contribution < -0.4 is 10.1 Å². The molecule has 0 aromatic heterocycles. The van der Waals surface area contributed by atoms with Crippen molar-refractivity contribution in [1.82, 2.24) is 5.32 Å². The molecule has 1 aliphatic heterocycles. The lowest BCUT2D eigenvalue weighted by Gasteiger charge is -2.18. The van der Waals surface area contributed by atoms with Gasteiger partial charge in [-0.15, -0.1) is 0 Å². The van der Waals surface area contributed by atoms with Crippen LogP contribution in [-0.4, -0.2) is 32.8 Å². The van der Waals surface area contributed by atoms with E-state index >= 15 is 0 Å². The molecule has 0 bridgehead atoms. The van der Waals surface area contributed by atoms with Crippen LogP contribution in [0, 0.1) is 0 Å². The molecule has 4 heteroatoms. The summed E-state index contributed by atoms with van der Waals surface area (Å²) in [6.45, 7) is 0.835. The molecule has 0 saturated carbocycles. The van der Waals surface area contributed by atoms with Gasteiger partial charge in [0, 0.05) is 5.92 Å². The minimum atomic E-state index is -0.243. The summed E-state index contributed by atoms with van der Waals surface area (Å²) < 4.78 is 10.0. The number of rotatable bonds is 3. The van der Waals surface area contributed by atoms with Gasteiger partial charge >= 0.3 is 5.97 Å². The number of ether oxygens (including phenoxy) is 2. The minimum absolute atomic E-state index is 0.164. The topological polar surface area (TPSA) is 47.6 Å². The van der Waals surface area contributed by atoms with Crippen LogP contribution in [0.3, 0.4) is 0 Å². The van der Waals surface area contributed by atoms with Crippen molar-refractivity contribution in [3.05, 3.63) is 29.8 Å². The van der Waals surface area contributed by atoms with E-state index in [1.807, 2.05) is 24.3 Å². The normalized spacial score (nSPS) is 23.4. The summed E-state index contributed by atoms with van der Waals surface area (Å²) in [5.74, 6) is 0.783. The maximum absolute atomic E-state index is 11.6. The third-order valence-electron chi connectivity index (χ3n) is 3.20. The lowest BCUT2D eigenvalue weighted by molar-refractivity contribution is -0.143. The second kappa shape index (κ2) is 5.19. The van der Waals surface area contributed by atoms with Crippen molar-refractivity contribution in [1.29, 1.82) is 0 Å². The maximum Gasteiger partial charge on any atom is 0.323 e. The highest BCUT2D eigenvalue weighted by atomic mass is 16.5. The number of carbonyl (C=O) groups excluding carboxylic acids is 1. The number of carbonyl (C=O) groups is 1. The van der Waals surface area contributed by atoms with E-state index in [-0.39, 0.29) is 17.9 Å². The standard InChI is InChI=1S/C13H17NO3/c1-16-10-5-3-4-9(8-10)11-6-7-14-12(11)13(15)17-2/h3-5,8,11-12,14H,6-7H2,1-2H3/t11-,12+/m0/s1. The van der Waals surface area contributed by atoms with E-state index in [4.69, 9.17) is 9.47 Å². The van der Waals surface area contributed by atoms with Crippen LogP contribution >= 0.6 is 0 Å². The Morgan fingerprint density at radius 2 is 2.24 bits per heavy atom. The van der Waals surface area contributed by atoms with Crippen LogP contribution in [0.25, 0.3) is 0 Å². The van der Waals surface area contributed by atoms with E-state index < -0.39 is 0 Å². The molecule has 1 saturated heterocycles. The number of benzene rings is 1. The van der Waals surface area contributed by atoms with Crippen molar-refractivity contribution >= 4 is 5.97 Å². The molecule has 0 amide bonds. The molecule has 17 heavy (non-hydrogen) atoms. The number of nitrogens with one attached hydrogen (secondary N) is 1. The Kier molecular flexibility index (Phi) is 3.64. The van der Waals surface area contributed by atoms with Gasteiger partial charge in [-0.25, -0.2) is 0 Å². The van der Waals surface area contributed by atoms with Crippen molar-refractivity contribution in [2.24, 2.45) is 0 Å². The van der Waals surface area contributed by atoms with Gasteiger partial charge in [-0.3, -0.25) is 4.79 Å². The Morgan fingerprint density at radius 1 is 1.41 bits per heavy atom. The third kappa shape index (κ3) is 2.42. The van der Waals surface area contributed by atoms with Gasteiger partial charge in [-0.05, 0) is 30.7 Å². The van der Waals surface area contributed by atoms with E-state index in [9.17, 15) is 4.79 Å². The maximum atomic E-state index is 11.6. The van der Waals surface area contributed by atoms with Crippen molar-refractivity contribution in [3.63, 3.8) is 0 Å². The Hall–Kier alpha value is -1.55. The highest BCUT2D eigenvalue weighted by Gasteiger charge is 2.34. The molecule has 4 nitrogen and oxygen atoms in total. The summed E-state index contributed by atoms with van der Waals surface area (Å²) in [6.07, 6.45) is 0.937. The summed E-state index contributed by atoms with van der Waals surface area (Å²) >= 11 is 0. The Labute approximate surface area is 101 Å². The SMILES string of the molecule is COC(=O)[C@@H]1NCC[C@H]1c1cccc(OC)c1. The number of hydrogen-bond acceptors (Lipinski definition) is 4. The van der Waals surface area contributed by atoms with E-state index in [1.165, 1.54) is 7.11 Å². The summed E-state index contributed by atoms with van der Waals surface area (Å²) in [5.41, 5.74) is 1.12. The fourth-order valence-electron chi connectivity index (χ4n) is 2.31. The van der Waals surface area contributed by atoms with Gasteiger partial charge in [0.25, 0.3) is 0 Å². The summed E-state index contributed by atoms with van der Waals surface area (Å²) in [6, 6.07) is 7.61. The van der Waals surface area contributed by atoms with Gasteiger partial charge in [-0.1, -0.05) is 12.1 Å². The van der Waals surface area contributed by atoms with Gasteiger partial charge in [0.05, 0.1) is 14.2 Å². The zero-order valence-corrected chi connectivity index (χ0v) is 10.1. The molecular weight excluding hydrogens is 218 g/mol. The molecule has 1 heterocycles. The molecule has 1 aromatic carbocycles. The molecule has 1 fully saturated rings. The predicted molar refractivity (Wildman–Crippen MR) is 64.2 cm³/mol. The van der Waals surface area contributed by atoms with Crippen molar-refractivity contribution < 1.29 is 14.3 Å². The van der Waals surface area contributed by atoms with Gasteiger partial charge in [0.15, 0.2) is 0 Å². The largest absolute Gasteiger partial charge is 0.497 e. The first-order valence-corrected chi connectivity index (χ1v) is 5.71. The van der Waals surface area contributed by atoms with Crippen molar-refractivity contribution in [2.45, 2.75) is 18.4 Å². The Balaban J connectivity index is 2.22. The smallest absolute Gasteiger partial charge is 0.323 e. The number of esters is 1. The molecule has 1 aromatic rings. The molecule has 0 spiro atoms. The molecular formula is C13H17NO3. The summed E-state index contributed by atoms with van der Waals surface area (Å²) in [7, 11) is 3.06. The van der Waals surface area contributed by atoms with Crippen molar-refractivity contribution in [3.8, 4) is 5.75 Å². The van der Waals surface area contributed by atoms with E-state index in [2.05, 4.69) is 5.32 Å². The molecule has 2 atom stereocenters. The average molecular weight is 235 g/mol. The fourth-order valence-corrected chi connectivity index (χ4v) is 2.31. The molecule has 1 N–H and O–H groups in total. The van der Waals surface area contributed by atoms with E-state index in [0.717, 1.165) is 24.3 Å². The first-order valence-electron chi connectivity index (χ1n) is 5.71. The summed E-state index contributed by atoms with van der Waals surface area (Å²) in [5, 5.41) is 3.18. The summed E-state index contributed by atoms with van der Waals surface area (Å²) in [4.78, 5) is 11.6. The lowest BCUT2D eigenvalue weighted by atomic mass is 9.92. The lowest BCUT2D eigenvalue weighted by Crippen LogP contribution is -2.35. The Morgan fingerprint density at radius 3 is 2.94 bits per heavy atom. The van der Waals surface area contributed by atoms with E-state index in [0.29, 0.717) is 0 Å². The average Bonchev–Trinajstić information content (AvgIpc) is 2.87. The van der Waals surface area contributed by atoms with Gasteiger partial charge in [0.2, 0.25) is 0 Å². The number of hydrogen-bond donors (Lipinski definition) is 1. The third-order valence-corrected chi connectivity index (χ3v) is 3.20.